The number of anilines is 1. The van der Waals surface area contributed by atoms with Crippen molar-refractivity contribution in [3.63, 3.8) is 0 Å². The number of esters is 1. The Bertz CT molecular complexity index is 731. The van der Waals surface area contributed by atoms with Gasteiger partial charge in [-0.1, -0.05) is 36.9 Å². The van der Waals surface area contributed by atoms with Crippen molar-refractivity contribution in [1.29, 1.82) is 0 Å². The zero-order valence-corrected chi connectivity index (χ0v) is 16.3. The summed E-state index contributed by atoms with van der Waals surface area (Å²) in [5.74, 6) is -1.38. The zero-order valence-electron chi connectivity index (χ0n) is 15.5. The molecule has 0 radical (unpaired) electrons. The highest BCUT2D eigenvalue weighted by molar-refractivity contribution is 6.31. The first-order valence-electron chi connectivity index (χ1n) is 9.46. The Labute approximate surface area is 164 Å². The predicted molar refractivity (Wildman–Crippen MR) is 102 cm³/mol. The van der Waals surface area contributed by atoms with Gasteiger partial charge in [-0.25, -0.2) is 0 Å². The molecule has 1 N–H and O–H groups in total. The first kappa shape index (κ1) is 19.7. The quantitative estimate of drug-likeness (QED) is 0.780. The maximum atomic E-state index is 12.3. The molecule has 1 heterocycles. The zero-order chi connectivity index (χ0) is 19.4. The van der Waals surface area contributed by atoms with E-state index in [4.69, 9.17) is 16.3 Å². The number of carbonyl (C=O) groups is 3. The molecule has 146 valence electrons. The number of hydrogen-bond acceptors (Lipinski definition) is 4. The van der Waals surface area contributed by atoms with Gasteiger partial charge in [-0.05, 0) is 37.5 Å². The summed E-state index contributed by atoms with van der Waals surface area (Å²) in [6, 6.07) is 5.43. The highest BCUT2D eigenvalue weighted by Crippen LogP contribution is 2.29. The number of aryl methyl sites for hydroxylation is 1. The van der Waals surface area contributed by atoms with Gasteiger partial charge < -0.3 is 15.0 Å². The van der Waals surface area contributed by atoms with E-state index in [9.17, 15) is 14.4 Å². The minimum atomic E-state index is -0.486. The lowest BCUT2D eigenvalue weighted by Gasteiger charge is -2.31. The molecule has 0 bridgehead atoms. The Balaban J connectivity index is 1.48. The summed E-state index contributed by atoms with van der Waals surface area (Å²) < 4.78 is 5.15. The fourth-order valence-electron chi connectivity index (χ4n) is 3.80. The number of ether oxygens (including phenoxy) is 1. The molecule has 2 fully saturated rings. The van der Waals surface area contributed by atoms with Crippen molar-refractivity contribution in [1.82, 2.24) is 4.90 Å². The van der Waals surface area contributed by atoms with E-state index in [0.29, 0.717) is 17.3 Å². The summed E-state index contributed by atoms with van der Waals surface area (Å²) in [5, 5.41) is 3.20. The van der Waals surface area contributed by atoms with E-state index < -0.39 is 17.8 Å². The van der Waals surface area contributed by atoms with Gasteiger partial charge in [0.15, 0.2) is 6.61 Å². The maximum Gasteiger partial charge on any atom is 0.311 e. The SMILES string of the molecule is Cc1ccc(Cl)cc1NC(=O)COC(=O)[C@H]1CC(=O)N(C2CCCCC2)C1. The van der Waals surface area contributed by atoms with Crippen molar-refractivity contribution in [3.05, 3.63) is 28.8 Å². The number of carbonyl (C=O) groups excluding carboxylic acids is 3. The smallest absolute Gasteiger partial charge is 0.311 e. The van der Waals surface area contributed by atoms with Gasteiger partial charge >= 0.3 is 5.97 Å². The van der Waals surface area contributed by atoms with Gasteiger partial charge in [0.2, 0.25) is 5.91 Å². The minimum Gasteiger partial charge on any atom is -0.455 e. The maximum absolute atomic E-state index is 12.3. The third-order valence-electron chi connectivity index (χ3n) is 5.33. The number of amides is 2. The van der Waals surface area contributed by atoms with Crippen molar-refractivity contribution in [2.45, 2.75) is 51.5 Å². The summed E-state index contributed by atoms with van der Waals surface area (Å²) in [5.41, 5.74) is 1.45. The van der Waals surface area contributed by atoms with Crippen molar-refractivity contribution < 1.29 is 19.1 Å². The molecular formula is C20H25ClN2O4. The van der Waals surface area contributed by atoms with E-state index in [1.54, 1.807) is 18.2 Å². The van der Waals surface area contributed by atoms with Gasteiger partial charge in [0, 0.05) is 29.7 Å². The van der Waals surface area contributed by atoms with Crippen LogP contribution >= 0.6 is 11.6 Å². The lowest BCUT2D eigenvalue weighted by atomic mass is 9.94. The van der Waals surface area contributed by atoms with Crippen LogP contribution < -0.4 is 5.32 Å². The van der Waals surface area contributed by atoms with Crippen LogP contribution in [0.25, 0.3) is 0 Å². The molecule has 0 unspecified atom stereocenters. The van der Waals surface area contributed by atoms with E-state index in [0.717, 1.165) is 31.2 Å². The molecule has 1 atom stereocenters. The number of halogens is 1. The average molecular weight is 393 g/mol. The molecule has 27 heavy (non-hydrogen) atoms. The third kappa shape index (κ3) is 5.01. The third-order valence-corrected chi connectivity index (χ3v) is 5.56. The van der Waals surface area contributed by atoms with Crippen LogP contribution in [0.4, 0.5) is 5.69 Å². The standard InChI is InChI=1S/C20H25ClN2O4/c1-13-7-8-15(21)10-17(13)22-18(24)12-27-20(26)14-9-19(25)23(11-14)16-5-3-2-4-6-16/h7-8,10,14,16H,2-6,9,11-12H2,1H3,(H,22,24)/t14-/m0/s1. The van der Waals surface area contributed by atoms with Crippen molar-refractivity contribution in [2.75, 3.05) is 18.5 Å². The molecule has 7 heteroatoms. The number of nitrogens with one attached hydrogen (secondary N) is 1. The number of hydrogen-bond donors (Lipinski definition) is 1. The summed E-state index contributed by atoms with van der Waals surface area (Å²) >= 11 is 5.93. The Morgan fingerprint density at radius 2 is 2.00 bits per heavy atom. The fourth-order valence-corrected chi connectivity index (χ4v) is 3.98. The fraction of sp³-hybridized carbons (Fsp3) is 0.550. The Kier molecular flexibility index (Phi) is 6.37. The van der Waals surface area contributed by atoms with Gasteiger partial charge in [0.25, 0.3) is 5.91 Å². The molecule has 2 amide bonds. The highest BCUT2D eigenvalue weighted by Gasteiger charge is 2.39. The summed E-state index contributed by atoms with van der Waals surface area (Å²) in [6.45, 7) is 1.87. The van der Waals surface area contributed by atoms with Crippen LogP contribution in [-0.4, -0.2) is 41.9 Å². The monoisotopic (exact) mass is 392 g/mol. The molecule has 1 aliphatic heterocycles. The van der Waals surface area contributed by atoms with Gasteiger partial charge in [-0.2, -0.15) is 0 Å². The summed E-state index contributed by atoms with van der Waals surface area (Å²) in [6.07, 6.45) is 5.67. The lowest BCUT2D eigenvalue weighted by Crippen LogP contribution is -2.38. The van der Waals surface area contributed by atoms with E-state index >= 15 is 0 Å². The predicted octanol–water partition coefficient (Wildman–Crippen LogP) is 3.31. The number of likely N-dealkylation sites (tertiary alicyclic amines) is 1. The minimum absolute atomic E-state index is 0.0165. The van der Waals surface area contributed by atoms with E-state index in [1.807, 2.05) is 11.8 Å². The Morgan fingerprint density at radius 1 is 1.26 bits per heavy atom. The summed E-state index contributed by atoms with van der Waals surface area (Å²) in [7, 11) is 0. The van der Waals surface area contributed by atoms with Crippen molar-refractivity contribution >= 4 is 35.1 Å². The molecule has 0 aromatic heterocycles. The topological polar surface area (TPSA) is 75.7 Å². The summed E-state index contributed by atoms with van der Waals surface area (Å²) in [4.78, 5) is 38.5. The second-order valence-corrected chi connectivity index (χ2v) is 7.79. The van der Waals surface area contributed by atoms with Crippen LogP contribution in [0.2, 0.25) is 5.02 Å². The molecule has 0 spiro atoms. The van der Waals surface area contributed by atoms with Crippen LogP contribution in [0.1, 0.15) is 44.1 Å². The van der Waals surface area contributed by atoms with Crippen LogP contribution in [0.15, 0.2) is 18.2 Å². The molecule has 1 saturated heterocycles. The number of benzene rings is 1. The first-order chi connectivity index (χ1) is 12.9. The van der Waals surface area contributed by atoms with E-state index in [-0.39, 0.29) is 25.0 Å². The molecule has 1 aromatic carbocycles. The van der Waals surface area contributed by atoms with Crippen molar-refractivity contribution in [3.8, 4) is 0 Å². The van der Waals surface area contributed by atoms with Crippen LogP contribution in [0.3, 0.4) is 0 Å². The Morgan fingerprint density at radius 3 is 2.74 bits per heavy atom. The van der Waals surface area contributed by atoms with Crippen LogP contribution in [0, 0.1) is 12.8 Å². The van der Waals surface area contributed by atoms with Crippen molar-refractivity contribution in [2.24, 2.45) is 5.92 Å². The van der Waals surface area contributed by atoms with Gasteiger partial charge in [0.05, 0.1) is 5.92 Å². The highest BCUT2D eigenvalue weighted by atomic mass is 35.5. The average Bonchev–Trinajstić information content (AvgIpc) is 3.05. The second-order valence-electron chi connectivity index (χ2n) is 7.35. The van der Waals surface area contributed by atoms with Crippen LogP contribution in [0.5, 0.6) is 0 Å². The molecular weight excluding hydrogens is 368 g/mol. The molecule has 1 aromatic rings. The van der Waals surface area contributed by atoms with Gasteiger partial charge in [-0.3, -0.25) is 14.4 Å². The van der Waals surface area contributed by atoms with Gasteiger partial charge in [0.1, 0.15) is 0 Å². The largest absolute Gasteiger partial charge is 0.455 e. The number of nitrogens with zero attached hydrogens (tertiary/aromatic N) is 1. The lowest BCUT2D eigenvalue weighted by molar-refractivity contribution is -0.151. The normalized spacial score (nSPS) is 20.6. The van der Waals surface area contributed by atoms with E-state index in [1.165, 1.54) is 6.42 Å². The number of rotatable bonds is 5. The second kappa shape index (κ2) is 8.74. The molecule has 2 aliphatic rings. The van der Waals surface area contributed by atoms with Gasteiger partial charge in [-0.15, -0.1) is 0 Å². The molecule has 3 rings (SSSR count). The van der Waals surface area contributed by atoms with E-state index in [2.05, 4.69) is 5.32 Å². The Hall–Kier alpha value is -2.08. The molecule has 1 aliphatic carbocycles. The first-order valence-corrected chi connectivity index (χ1v) is 9.84. The molecule has 6 nitrogen and oxygen atoms in total. The molecule has 1 saturated carbocycles. The van der Waals surface area contributed by atoms with Crippen LogP contribution in [-0.2, 0) is 19.1 Å².